The molecule has 3 rings (SSSR count). The molecule has 0 amide bonds. The molecule has 0 bridgehead atoms. The lowest BCUT2D eigenvalue weighted by Crippen LogP contribution is -2.01. The second-order valence-electron chi connectivity index (χ2n) is 4.53. The molecule has 0 saturated carbocycles. The van der Waals surface area contributed by atoms with Crippen molar-refractivity contribution in [1.82, 2.24) is 0 Å². The highest BCUT2D eigenvalue weighted by molar-refractivity contribution is 6.30. The Morgan fingerprint density at radius 3 is 2.55 bits per heavy atom. The second kappa shape index (κ2) is 4.76. The normalized spacial score (nSPS) is 10.9. The monoisotopic (exact) mass is 288 g/mol. The van der Waals surface area contributed by atoms with Gasteiger partial charge in [0.1, 0.15) is 11.4 Å². The Morgan fingerprint density at radius 2 is 1.85 bits per heavy atom. The Labute approximate surface area is 119 Å². The molecule has 2 aromatic carbocycles. The Morgan fingerprint density at radius 1 is 1.15 bits per heavy atom. The van der Waals surface area contributed by atoms with Crippen LogP contribution in [0.4, 0.5) is 4.39 Å². The Bertz CT molecular complexity index is 803. The average molecular weight is 289 g/mol. The van der Waals surface area contributed by atoms with Crippen LogP contribution in [0.1, 0.15) is 21.7 Å². The van der Waals surface area contributed by atoms with Crippen molar-refractivity contribution >= 4 is 28.4 Å². The van der Waals surface area contributed by atoms with E-state index < -0.39 is 0 Å². The number of fused-ring (bicyclic) bond motifs is 1. The van der Waals surface area contributed by atoms with Gasteiger partial charge < -0.3 is 4.42 Å². The first-order valence-corrected chi connectivity index (χ1v) is 6.43. The second-order valence-corrected chi connectivity index (χ2v) is 4.97. The summed E-state index contributed by atoms with van der Waals surface area (Å²) in [6.07, 6.45) is 0. The number of aryl methyl sites for hydroxylation is 1. The summed E-state index contributed by atoms with van der Waals surface area (Å²) in [5.74, 6) is -0.365. The molecular formula is C16H10ClFO2. The first kappa shape index (κ1) is 12.9. The molecule has 1 aromatic heterocycles. The third-order valence-electron chi connectivity index (χ3n) is 3.21. The number of hydrogen-bond acceptors (Lipinski definition) is 2. The van der Waals surface area contributed by atoms with Crippen LogP contribution in [0.25, 0.3) is 11.0 Å². The highest BCUT2D eigenvalue weighted by Gasteiger charge is 2.19. The fourth-order valence-electron chi connectivity index (χ4n) is 2.14. The van der Waals surface area contributed by atoms with Gasteiger partial charge in [-0.1, -0.05) is 11.6 Å². The van der Waals surface area contributed by atoms with Crippen molar-refractivity contribution in [3.63, 3.8) is 0 Å². The zero-order valence-corrected chi connectivity index (χ0v) is 11.4. The number of carbonyl (C=O) groups excluding carboxylic acids is 1. The Kier molecular flexibility index (Phi) is 3.07. The summed E-state index contributed by atoms with van der Waals surface area (Å²) in [5, 5.41) is 1.17. The molecule has 4 heteroatoms. The summed E-state index contributed by atoms with van der Waals surface area (Å²) in [4.78, 5) is 12.4. The Hall–Kier alpha value is -2.13. The highest BCUT2D eigenvalue weighted by atomic mass is 35.5. The van der Waals surface area contributed by atoms with Crippen LogP contribution in [-0.4, -0.2) is 5.78 Å². The quantitative estimate of drug-likeness (QED) is 0.636. The smallest absolute Gasteiger partial charge is 0.228 e. The molecule has 2 nitrogen and oxygen atoms in total. The van der Waals surface area contributed by atoms with Crippen LogP contribution in [-0.2, 0) is 0 Å². The van der Waals surface area contributed by atoms with Crippen molar-refractivity contribution < 1.29 is 13.6 Å². The van der Waals surface area contributed by atoms with E-state index in [1.807, 2.05) is 0 Å². The van der Waals surface area contributed by atoms with Gasteiger partial charge in [0, 0.05) is 21.5 Å². The molecule has 0 atom stereocenters. The van der Waals surface area contributed by atoms with Crippen molar-refractivity contribution in [2.75, 3.05) is 0 Å². The lowest BCUT2D eigenvalue weighted by Gasteiger charge is -1.99. The van der Waals surface area contributed by atoms with Crippen LogP contribution in [0.15, 0.2) is 46.9 Å². The predicted molar refractivity (Wildman–Crippen MR) is 75.8 cm³/mol. The van der Waals surface area contributed by atoms with Crippen LogP contribution < -0.4 is 0 Å². The van der Waals surface area contributed by atoms with Gasteiger partial charge in [-0.3, -0.25) is 4.79 Å². The summed E-state index contributed by atoms with van der Waals surface area (Å²) < 4.78 is 18.8. The third kappa shape index (κ3) is 2.10. The fourth-order valence-corrected chi connectivity index (χ4v) is 2.27. The molecule has 0 saturated heterocycles. The van der Waals surface area contributed by atoms with Crippen LogP contribution in [0.2, 0.25) is 5.02 Å². The molecule has 0 N–H and O–H groups in total. The van der Waals surface area contributed by atoms with Crippen LogP contribution >= 0.6 is 11.6 Å². The first-order chi connectivity index (χ1) is 9.56. The maximum atomic E-state index is 13.3. The van der Waals surface area contributed by atoms with E-state index >= 15 is 0 Å². The van der Waals surface area contributed by atoms with E-state index in [0.717, 1.165) is 0 Å². The minimum atomic E-state index is -0.355. The lowest BCUT2D eigenvalue weighted by molar-refractivity contribution is 0.101. The summed E-state index contributed by atoms with van der Waals surface area (Å²) in [6.45, 7) is 1.74. The third-order valence-corrected chi connectivity index (χ3v) is 3.46. The lowest BCUT2D eigenvalue weighted by atomic mass is 10.0. The molecule has 0 aliphatic heterocycles. The van der Waals surface area contributed by atoms with Crippen molar-refractivity contribution in [2.24, 2.45) is 0 Å². The largest absolute Gasteiger partial charge is 0.452 e. The predicted octanol–water partition coefficient (Wildman–Crippen LogP) is 4.76. The molecule has 20 heavy (non-hydrogen) atoms. The summed E-state index contributed by atoms with van der Waals surface area (Å²) in [6, 6.07) is 10.8. The van der Waals surface area contributed by atoms with Gasteiger partial charge in [-0.2, -0.15) is 0 Å². The maximum Gasteiger partial charge on any atom is 0.228 e. The molecule has 1 heterocycles. The van der Waals surface area contributed by atoms with Gasteiger partial charge in [-0.15, -0.1) is 0 Å². The van der Waals surface area contributed by atoms with E-state index in [2.05, 4.69) is 0 Å². The van der Waals surface area contributed by atoms with E-state index in [9.17, 15) is 9.18 Å². The molecule has 0 radical (unpaired) electrons. The number of ketones is 1. The van der Waals surface area contributed by atoms with Crippen molar-refractivity contribution in [3.8, 4) is 0 Å². The number of hydrogen-bond donors (Lipinski definition) is 0. The molecular weight excluding hydrogens is 279 g/mol. The van der Waals surface area contributed by atoms with Gasteiger partial charge in [0.05, 0.1) is 0 Å². The van der Waals surface area contributed by atoms with Crippen LogP contribution in [0.3, 0.4) is 0 Å². The van der Waals surface area contributed by atoms with E-state index in [4.69, 9.17) is 16.0 Å². The minimum Gasteiger partial charge on any atom is -0.452 e. The highest BCUT2D eigenvalue weighted by Crippen LogP contribution is 2.28. The number of furan rings is 1. The fraction of sp³-hybridized carbons (Fsp3) is 0.0625. The molecule has 0 spiro atoms. The topological polar surface area (TPSA) is 30.2 Å². The Balaban J connectivity index is 2.12. The van der Waals surface area contributed by atoms with Gasteiger partial charge in [0.25, 0.3) is 0 Å². The van der Waals surface area contributed by atoms with Gasteiger partial charge in [-0.05, 0) is 49.4 Å². The standard InChI is InChI=1S/C16H10ClFO2/c1-9-13-8-12(18)6-7-14(13)20-16(9)15(19)10-2-4-11(17)5-3-10/h2-8H,1H3. The summed E-state index contributed by atoms with van der Waals surface area (Å²) >= 11 is 5.80. The number of halogens is 2. The molecule has 0 aliphatic carbocycles. The van der Waals surface area contributed by atoms with E-state index in [1.54, 1.807) is 31.2 Å². The number of benzene rings is 2. The SMILES string of the molecule is Cc1c(C(=O)c2ccc(Cl)cc2)oc2ccc(F)cc12. The number of carbonyl (C=O) groups is 1. The van der Waals surface area contributed by atoms with E-state index in [-0.39, 0.29) is 17.4 Å². The van der Waals surface area contributed by atoms with E-state index in [0.29, 0.717) is 27.1 Å². The zero-order valence-electron chi connectivity index (χ0n) is 10.6. The zero-order chi connectivity index (χ0) is 14.3. The van der Waals surface area contributed by atoms with Crippen molar-refractivity contribution in [1.29, 1.82) is 0 Å². The van der Waals surface area contributed by atoms with Crippen LogP contribution in [0, 0.1) is 12.7 Å². The van der Waals surface area contributed by atoms with Crippen molar-refractivity contribution in [3.05, 3.63) is 70.2 Å². The van der Waals surface area contributed by atoms with E-state index in [1.165, 1.54) is 18.2 Å². The van der Waals surface area contributed by atoms with Gasteiger partial charge in [0.15, 0.2) is 5.76 Å². The first-order valence-electron chi connectivity index (χ1n) is 6.05. The molecule has 0 unspecified atom stereocenters. The molecule has 3 aromatic rings. The molecule has 0 aliphatic rings. The van der Waals surface area contributed by atoms with Gasteiger partial charge >= 0.3 is 0 Å². The molecule has 100 valence electrons. The summed E-state index contributed by atoms with van der Waals surface area (Å²) in [5.41, 5.74) is 1.62. The van der Waals surface area contributed by atoms with Gasteiger partial charge in [0.2, 0.25) is 5.78 Å². The van der Waals surface area contributed by atoms with Crippen molar-refractivity contribution in [2.45, 2.75) is 6.92 Å². The van der Waals surface area contributed by atoms with Gasteiger partial charge in [-0.25, -0.2) is 4.39 Å². The average Bonchev–Trinajstić information content (AvgIpc) is 2.76. The molecule has 0 fully saturated rings. The van der Waals surface area contributed by atoms with Crippen LogP contribution in [0.5, 0.6) is 0 Å². The minimum absolute atomic E-state index is 0.230. The summed E-state index contributed by atoms with van der Waals surface area (Å²) in [7, 11) is 0. The maximum absolute atomic E-state index is 13.3. The number of rotatable bonds is 2.